The van der Waals surface area contributed by atoms with Crippen molar-refractivity contribution in [1.82, 2.24) is 25.6 Å². The molecule has 0 spiro atoms. The van der Waals surface area contributed by atoms with E-state index in [2.05, 4.69) is 32.6 Å². The summed E-state index contributed by atoms with van der Waals surface area (Å²) in [4.78, 5) is 29.8. The van der Waals surface area contributed by atoms with Crippen LogP contribution in [-0.2, 0) is 4.79 Å². The highest BCUT2D eigenvalue weighted by molar-refractivity contribution is 5.95. The van der Waals surface area contributed by atoms with Crippen LogP contribution in [-0.4, -0.2) is 73.1 Å². The lowest BCUT2D eigenvalue weighted by atomic mass is 10.1. The fraction of sp³-hybridized carbons (Fsp3) is 0.320. The molecule has 2 aromatic carbocycles. The number of benzene rings is 2. The van der Waals surface area contributed by atoms with Crippen molar-refractivity contribution >= 4 is 11.8 Å². The van der Waals surface area contributed by atoms with Gasteiger partial charge < -0.3 is 20.1 Å². The standard InChI is InChI=1S/C25H29N5O3/c1-29-12-14-30(15-13-29)18-22(19-8-4-2-5-9-19)27-24(31)17-26-25(32)21-16-23(33-28-21)20-10-6-3-7-11-20/h2-11,16,22H,12-15,17-18H2,1H3,(H,26,32)(H,27,31). The zero-order valence-electron chi connectivity index (χ0n) is 18.7. The Morgan fingerprint density at radius 2 is 1.67 bits per heavy atom. The molecule has 0 radical (unpaired) electrons. The Labute approximate surface area is 193 Å². The van der Waals surface area contributed by atoms with Crippen LogP contribution in [0.2, 0.25) is 0 Å². The number of likely N-dealkylation sites (N-methyl/N-ethyl adjacent to an activating group) is 1. The van der Waals surface area contributed by atoms with E-state index in [0.717, 1.165) is 43.9 Å². The fourth-order valence-corrected chi connectivity index (χ4v) is 3.83. The van der Waals surface area contributed by atoms with Crippen molar-refractivity contribution in [1.29, 1.82) is 0 Å². The minimum atomic E-state index is -0.452. The number of nitrogens with zero attached hydrogens (tertiary/aromatic N) is 3. The number of amides is 2. The first-order chi connectivity index (χ1) is 16.1. The van der Waals surface area contributed by atoms with Crippen LogP contribution in [0.15, 0.2) is 71.3 Å². The highest BCUT2D eigenvalue weighted by Crippen LogP contribution is 2.19. The minimum Gasteiger partial charge on any atom is -0.355 e. The maximum Gasteiger partial charge on any atom is 0.273 e. The van der Waals surface area contributed by atoms with Gasteiger partial charge in [-0.15, -0.1) is 0 Å². The molecular formula is C25H29N5O3. The average Bonchev–Trinajstić information content (AvgIpc) is 3.35. The normalized spacial score (nSPS) is 15.7. The average molecular weight is 448 g/mol. The minimum absolute atomic E-state index is 0.138. The van der Waals surface area contributed by atoms with Gasteiger partial charge in [0.25, 0.3) is 5.91 Å². The molecule has 172 valence electrons. The molecule has 0 bridgehead atoms. The van der Waals surface area contributed by atoms with Gasteiger partial charge in [0.1, 0.15) is 0 Å². The van der Waals surface area contributed by atoms with Crippen LogP contribution in [0.25, 0.3) is 11.3 Å². The SMILES string of the molecule is CN1CCN(CC(NC(=O)CNC(=O)c2cc(-c3ccccc3)on2)c2ccccc2)CC1. The molecule has 8 heteroatoms. The summed E-state index contributed by atoms with van der Waals surface area (Å²) in [6.07, 6.45) is 0. The van der Waals surface area contributed by atoms with Crippen molar-refractivity contribution in [3.05, 3.63) is 78.0 Å². The van der Waals surface area contributed by atoms with Gasteiger partial charge in [-0.1, -0.05) is 65.8 Å². The molecule has 1 aliphatic rings. The van der Waals surface area contributed by atoms with E-state index >= 15 is 0 Å². The van der Waals surface area contributed by atoms with E-state index in [9.17, 15) is 9.59 Å². The summed E-state index contributed by atoms with van der Waals surface area (Å²) in [5.41, 5.74) is 2.01. The summed E-state index contributed by atoms with van der Waals surface area (Å²) in [6.45, 7) is 4.52. The van der Waals surface area contributed by atoms with Crippen molar-refractivity contribution in [3.8, 4) is 11.3 Å². The first-order valence-corrected chi connectivity index (χ1v) is 11.1. The van der Waals surface area contributed by atoms with Gasteiger partial charge in [-0.2, -0.15) is 0 Å². The number of piperazine rings is 1. The Morgan fingerprint density at radius 1 is 1.00 bits per heavy atom. The van der Waals surface area contributed by atoms with Crippen LogP contribution in [0.3, 0.4) is 0 Å². The van der Waals surface area contributed by atoms with Crippen LogP contribution in [0.1, 0.15) is 22.1 Å². The first-order valence-electron chi connectivity index (χ1n) is 11.1. The molecular weight excluding hydrogens is 418 g/mol. The summed E-state index contributed by atoms with van der Waals surface area (Å²) >= 11 is 0. The van der Waals surface area contributed by atoms with Crippen LogP contribution in [0.4, 0.5) is 0 Å². The Kier molecular flexibility index (Phi) is 7.49. The van der Waals surface area contributed by atoms with Crippen molar-refractivity contribution in [2.45, 2.75) is 6.04 Å². The molecule has 1 unspecified atom stereocenters. The van der Waals surface area contributed by atoms with Gasteiger partial charge in [0.2, 0.25) is 5.91 Å². The van der Waals surface area contributed by atoms with Crippen LogP contribution < -0.4 is 10.6 Å². The second-order valence-electron chi connectivity index (χ2n) is 8.26. The molecule has 0 saturated carbocycles. The van der Waals surface area contributed by atoms with Gasteiger partial charge >= 0.3 is 0 Å². The molecule has 2 amide bonds. The summed E-state index contributed by atoms with van der Waals surface area (Å²) < 4.78 is 5.27. The highest BCUT2D eigenvalue weighted by Gasteiger charge is 2.22. The van der Waals surface area contributed by atoms with Gasteiger partial charge in [-0.25, -0.2) is 0 Å². The van der Waals surface area contributed by atoms with Gasteiger partial charge in [0.15, 0.2) is 11.5 Å². The molecule has 4 rings (SSSR count). The van der Waals surface area contributed by atoms with Crippen LogP contribution in [0, 0.1) is 0 Å². The largest absolute Gasteiger partial charge is 0.355 e. The second kappa shape index (κ2) is 10.9. The predicted molar refractivity (Wildman–Crippen MR) is 126 cm³/mol. The lowest BCUT2D eigenvalue weighted by Gasteiger charge is -2.35. The van der Waals surface area contributed by atoms with E-state index < -0.39 is 5.91 Å². The van der Waals surface area contributed by atoms with E-state index in [0.29, 0.717) is 5.76 Å². The first kappa shape index (κ1) is 22.7. The molecule has 2 N–H and O–H groups in total. The van der Waals surface area contributed by atoms with Crippen molar-refractivity contribution in [3.63, 3.8) is 0 Å². The van der Waals surface area contributed by atoms with Gasteiger partial charge in [0, 0.05) is 44.4 Å². The van der Waals surface area contributed by atoms with Crippen molar-refractivity contribution in [2.75, 3.05) is 46.3 Å². The quantitative estimate of drug-likeness (QED) is 0.550. The smallest absolute Gasteiger partial charge is 0.273 e. The predicted octanol–water partition coefficient (Wildman–Crippen LogP) is 2.18. The topological polar surface area (TPSA) is 90.7 Å². The van der Waals surface area contributed by atoms with E-state index in [4.69, 9.17) is 4.52 Å². The number of carbonyl (C=O) groups is 2. The Morgan fingerprint density at radius 3 is 2.36 bits per heavy atom. The number of rotatable bonds is 8. The molecule has 1 atom stereocenters. The third-order valence-corrected chi connectivity index (χ3v) is 5.78. The highest BCUT2D eigenvalue weighted by atomic mass is 16.5. The molecule has 33 heavy (non-hydrogen) atoms. The van der Waals surface area contributed by atoms with E-state index in [1.165, 1.54) is 0 Å². The molecule has 1 aliphatic heterocycles. The molecule has 1 fully saturated rings. The van der Waals surface area contributed by atoms with E-state index in [-0.39, 0.29) is 24.2 Å². The zero-order chi connectivity index (χ0) is 23.0. The van der Waals surface area contributed by atoms with Gasteiger partial charge in [-0.05, 0) is 12.6 Å². The lowest BCUT2D eigenvalue weighted by molar-refractivity contribution is -0.121. The molecule has 0 aliphatic carbocycles. The van der Waals surface area contributed by atoms with Crippen LogP contribution in [0.5, 0.6) is 0 Å². The maximum atomic E-state index is 12.7. The molecule has 2 heterocycles. The molecule has 1 aromatic heterocycles. The molecule has 3 aromatic rings. The Hall–Kier alpha value is -3.49. The molecule has 8 nitrogen and oxygen atoms in total. The van der Waals surface area contributed by atoms with Crippen molar-refractivity contribution < 1.29 is 14.1 Å². The summed E-state index contributed by atoms with van der Waals surface area (Å²) in [7, 11) is 2.12. The molecule has 1 saturated heterocycles. The summed E-state index contributed by atoms with van der Waals surface area (Å²) in [5, 5.41) is 9.55. The van der Waals surface area contributed by atoms with E-state index in [1.54, 1.807) is 6.07 Å². The van der Waals surface area contributed by atoms with Gasteiger partial charge in [0.05, 0.1) is 12.6 Å². The summed E-state index contributed by atoms with van der Waals surface area (Å²) in [5.74, 6) is -0.203. The number of hydrogen-bond acceptors (Lipinski definition) is 6. The Bertz CT molecular complexity index is 1050. The van der Waals surface area contributed by atoms with Crippen molar-refractivity contribution in [2.24, 2.45) is 0 Å². The third kappa shape index (κ3) is 6.27. The number of nitrogens with one attached hydrogen (secondary N) is 2. The number of aromatic nitrogens is 1. The lowest BCUT2D eigenvalue weighted by Crippen LogP contribution is -2.48. The zero-order valence-corrected chi connectivity index (χ0v) is 18.7. The fourth-order valence-electron chi connectivity index (χ4n) is 3.83. The van der Waals surface area contributed by atoms with Crippen LogP contribution >= 0.6 is 0 Å². The summed E-state index contributed by atoms with van der Waals surface area (Å²) in [6, 6.07) is 20.8. The number of hydrogen-bond donors (Lipinski definition) is 2. The van der Waals surface area contributed by atoms with E-state index in [1.807, 2.05) is 60.7 Å². The van der Waals surface area contributed by atoms with Gasteiger partial charge in [-0.3, -0.25) is 14.5 Å². The second-order valence-corrected chi connectivity index (χ2v) is 8.26. The number of carbonyl (C=O) groups excluding carboxylic acids is 2. The Balaban J connectivity index is 1.33. The maximum absolute atomic E-state index is 12.7. The monoisotopic (exact) mass is 447 g/mol. The third-order valence-electron chi connectivity index (χ3n) is 5.78.